The van der Waals surface area contributed by atoms with Crippen LogP contribution in [0.4, 0.5) is 21.6 Å². The molecule has 0 radical (unpaired) electrons. The van der Waals surface area contributed by atoms with Crippen molar-refractivity contribution in [3.8, 4) is 5.75 Å². The number of carbonyl (C=O) groups is 6. The van der Waals surface area contributed by atoms with E-state index in [0.29, 0.717) is 41.8 Å². The maximum Gasteiger partial charge on any atom is 0.262 e. The van der Waals surface area contributed by atoms with Gasteiger partial charge in [-0.25, -0.2) is 4.39 Å². The minimum atomic E-state index is -1.10. The van der Waals surface area contributed by atoms with Gasteiger partial charge in [0.25, 0.3) is 17.7 Å². The number of hydrogen-bond acceptors (Lipinski definition) is 11. The number of hydrogen-bond donors (Lipinski definition) is 3. The van der Waals surface area contributed by atoms with Gasteiger partial charge >= 0.3 is 0 Å². The molecule has 8 heterocycles. The fraction of sp³-hybridized carbons (Fsp3) is 0.400. The van der Waals surface area contributed by atoms with E-state index in [2.05, 4.69) is 30.6 Å². The van der Waals surface area contributed by atoms with Crippen molar-refractivity contribution in [1.29, 1.82) is 0 Å². The van der Waals surface area contributed by atoms with Gasteiger partial charge < -0.3 is 24.8 Å². The molecule has 5 fully saturated rings. The lowest BCUT2D eigenvalue weighted by Gasteiger charge is -2.58. The minimum Gasteiger partial charge on any atom is -0.496 e. The van der Waals surface area contributed by atoms with E-state index in [0.717, 1.165) is 85.5 Å². The molecule has 7 aliphatic rings. The average Bonchev–Trinajstić information content (AvgIpc) is 3.93. The highest BCUT2D eigenvalue weighted by atomic mass is 19.1. The Labute approximate surface area is 356 Å². The molecule has 3 N–H and O–H groups in total. The van der Waals surface area contributed by atoms with Crippen LogP contribution in [-0.4, -0.2) is 118 Å². The Bertz CT molecular complexity index is 2510. The van der Waals surface area contributed by atoms with Crippen molar-refractivity contribution in [3.05, 3.63) is 100.0 Å². The average molecular weight is 844 g/mol. The van der Waals surface area contributed by atoms with Gasteiger partial charge in [-0.15, -0.1) is 0 Å². The number of nitrogens with one attached hydrogen (secondary N) is 3. The number of amides is 6. The number of benzene rings is 3. The van der Waals surface area contributed by atoms with Gasteiger partial charge in [-0.05, 0) is 74.1 Å². The molecule has 11 rings (SSSR count). The number of carbonyl (C=O) groups excluding carboxylic acids is 6. The highest BCUT2D eigenvalue weighted by Crippen LogP contribution is 2.42. The molecule has 1 aromatic heterocycles. The van der Waals surface area contributed by atoms with E-state index < -0.39 is 35.5 Å². The topological polar surface area (TPSA) is 181 Å². The maximum absolute atomic E-state index is 15.6. The number of anilines is 3. The molecular weight excluding hydrogens is 798 g/mol. The summed E-state index contributed by atoms with van der Waals surface area (Å²) in [7, 11) is 1.59. The Morgan fingerprint density at radius 1 is 0.919 bits per heavy atom. The fourth-order valence-electron chi connectivity index (χ4n) is 10.2. The number of methoxy groups -OCH3 is 1. The third kappa shape index (κ3) is 7.03. The van der Waals surface area contributed by atoms with Gasteiger partial charge in [-0.3, -0.25) is 49.0 Å². The summed E-state index contributed by atoms with van der Waals surface area (Å²) < 4.78 is 21.1. The Morgan fingerprint density at radius 2 is 1.65 bits per heavy atom. The minimum absolute atomic E-state index is 0.0161. The fourth-order valence-corrected chi connectivity index (χ4v) is 10.2. The van der Waals surface area contributed by atoms with Crippen molar-refractivity contribution in [2.24, 2.45) is 5.92 Å². The van der Waals surface area contributed by atoms with Crippen LogP contribution in [0.3, 0.4) is 0 Å². The van der Waals surface area contributed by atoms with Gasteiger partial charge in [0.1, 0.15) is 17.6 Å². The molecule has 62 heavy (non-hydrogen) atoms. The molecule has 0 saturated carbocycles. The summed E-state index contributed by atoms with van der Waals surface area (Å²) in [6.07, 6.45) is 3.22. The first kappa shape index (κ1) is 39.5. The number of fused-ring (bicyclic) bond motifs is 4. The van der Waals surface area contributed by atoms with Crippen LogP contribution in [0.25, 0.3) is 0 Å². The first-order chi connectivity index (χ1) is 30.0. The molecular formula is C45H46FN9O7. The first-order valence-electron chi connectivity index (χ1n) is 21.2. The van der Waals surface area contributed by atoms with Gasteiger partial charge in [0.15, 0.2) is 5.82 Å². The third-order valence-corrected chi connectivity index (χ3v) is 13.4. The molecule has 16 nitrogen and oxygen atoms in total. The lowest BCUT2D eigenvalue weighted by Crippen LogP contribution is -2.69. The number of aromatic amines is 1. The number of rotatable bonds is 10. The summed E-state index contributed by atoms with van der Waals surface area (Å²) in [5, 5.41) is 12.4. The van der Waals surface area contributed by atoms with E-state index in [4.69, 9.17) is 4.74 Å². The second-order valence-electron chi connectivity index (χ2n) is 17.2. The third-order valence-electron chi connectivity index (χ3n) is 13.4. The molecule has 3 aromatic carbocycles. The molecule has 7 aliphatic heterocycles. The zero-order chi connectivity index (χ0) is 42.8. The quantitative estimate of drug-likeness (QED) is 0.199. The van der Waals surface area contributed by atoms with Crippen LogP contribution in [0, 0.1) is 11.7 Å². The molecule has 0 spiro atoms. The molecule has 320 valence electrons. The van der Waals surface area contributed by atoms with Gasteiger partial charge in [0.2, 0.25) is 17.7 Å². The van der Waals surface area contributed by atoms with Gasteiger partial charge in [-0.1, -0.05) is 18.2 Å². The van der Waals surface area contributed by atoms with E-state index in [1.165, 1.54) is 6.07 Å². The molecule has 2 bridgehead atoms. The van der Waals surface area contributed by atoms with E-state index in [1.54, 1.807) is 12.0 Å². The number of para-hydroxylation sites is 1. The van der Waals surface area contributed by atoms with Crippen molar-refractivity contribution >= 4 is 52.6 Å². The second-order valence-corrected chi connectivity index (χ2v) is 17.2. The molecule has 4 aromatic rings. The van der Waals surface area contributed by atoms with E-state index >= 15 is 4.39 Å². The number of imide groups is 2. The molecule has 6 amide bonds. The van der Waals surface area contributed by atoms with Crippen molar-refractivity contribution in [1.82, 2.24) is 30.2 Å². The molecule has 3 atom stereocenters. The first-order valence-corrected chi connectivity index (χ1v) is 21.2. The van der Waals surface area contributed by atoms with Gasteiger partial charge in [0.05, 0.1) is 49.1 Å². The molecule has 3 unspecified atom stereocenters. The van der Waals surface area contributed by atoms with Crippen LogP contribution in [0.5, 0.6) is 5.75 Å². The summed E-state index contributed by atoms with van der Waals surface area (Å²) in [4.78, 5) is 86.6. The van der Waals surface area contributed by atoms with Crippen LogP contribution in [-0.2, 0) is 33.9 Å². The van der Waals surface area contributed by atoms with Crippen molar-refractivity contribution < 1.29 is 37.9 Å². The van der Waals surface area contributed by atoms with Crippen molar-refractivity contribution in [2.75, 3.05) is 55.0 Å². The van der Waals surface area contributed by atoms with Crippen LogP contribution in [0.15, 0.2) is 60.7 Å². The van der Waals surface area contributed by atoms with E-state index in [9.17, 15) is 28.8 Å². The number of halogens is 1. The summed E-state index contributed by atoms with van der Waals surface area (Å²) in [6.45, 7) is 4.99. The summed E-state index contributed by atoms with van der Waals surface area (Å²) in [6, 6.07) is 16.7. The SMILES string of the molecule is COc1ccccc1CC(=O)N1Cc2[nH]nc(NC(=O)c3ccc(N4CCC(CN5CC6CC(C5)N6c5cc6c(cc5F)C(=O)N(C5CCC(=O)NC5=O)C6=O)CC4)cc3)c2C1. The van der Waals surface area contributed by atoms with E-state index in [1.807, 2.05) is 53.4 Å². The largest absolute Gasteiger partial charge is 0.496 e. The second kappa shape index (κ2) is 15.7. The Balaban J connectivity index is 0.696. The highest BCUT2D eigenvalue weighted by Gasteiger charge is 2.49. The zero-order valence-corrected chi connectivity index (χ0v) is 34.2. The van der Waals surface area contributed by atoms with Gasteiger partial charge in [0, 0.05) is 73.6 Å². The number of piperazine rings is 1. The maximum atomic E-state index is 15.6. The predicted molar refractivity (Wildman–Crippen MR) is 223 cm³/mol. The highest BCUT2D eigenvalue weighted by molar-refractivity contribution is 6.23. The van der Waals surface area contributed by atoms with E-state index in [-0.39, 0.29) is 54.3 Å². The number of H-pyrrole nitrogens is 1. The normalized spacial score (nSPS) is 22.4. The van der Waals surface area contributed by atoms with Gasteiger partial charge in [-0.2, -0.15) is 5.10 Å². The zero-order valence-electron chi connectivity index (χ0n) is 34.2. The van der Waals surface area contributed by atoms with Crippen LogP contribution in [0.2, 0.25) is 0 Å². The number of aromatic nitrogens is 2. The summed E-state index contributed by atoms with van der Waals surface area (Å²) in [5.74, 6) is -1.79. The molecule has 17 heteroatoms. The van der Waals surface area contributed by atoms with Crippen molar-refractivity contribution in [2.45, 2.75) is 69.7 Å². The van der Waals surface area contributed by atoms with Crippen LogP contribution >= 0.6 is 0 Å². The standard InChI is InChI=1S/C45H46FN9O7/c1-62-38-5-3-2-4-27(38)16-40(57)53-23-33-35(24-53)49-50-41(33)48-42(58)26-6-8-28(9-7-26)52-14-12-25(13-15-52)20-51-21-29-17-30(22-51)54(29)37-19-32-31(18-34(37)46)44(60)55(45(32)61)36-10-11-39(56)47-43(36)59/h2-9,18-19,25,29-30,36H,10-17,20-24H2,1H3,(H,47,56,59)(H2,48,49,50,58). The monoisotopic (exact) mass is 843 g/mol. The van der Waals surface area contributed by atoms with Crippen molar-refractivity contribution in [3.63, 3.8) is 0 Å². The Hall–Kier alpha value is -6.62. The Kier molecular flexibility index (Phi) is 10.00. The predicted octanol–water partition coefficient (Wildman–Crippen LogP) is 3.48. The van der Waals surface area contributed by atoms with Crippen LogP contribution in [0.1, 0.15) is 80.0 Å². The summed E-state index contributed by atoms with van der Waals surface area (Å²) in [5.41, 5.74) is 4.32. The van der Waals surface area contributed by atoms with Crippen LogP contribution < -0.4 is 25.2 Å². The number of nitrogens with zero attached hydrogens (tertiary/aromatic N) is 6. The number of piperidine rings is 3. The number of ether oxygens (including phenoxy) is 1. The molecule has 0 aliphatic carbocycles. The molecule has 5 saturated heterocycles. The summed E-state index contributed by atoms with van der Waals surface area (Å²) >= 11 is 0. The lowest BCUT2D eigenvalue weighted by molar-refractivity contribution is -0.136. The lowest BCUT2D eigenvalue weighted by atomic mass is 9.85. The smallest absolute Gasteiger partial charge is 0.262 e. The Morgan fingerprint density at radius 3 is 2.37 bits per heavy atom.